The molecular weight excluding hydrogens is 373 g/mol. The van der Waals surface area contributed by atoms with Gasteiger partial charge in [0.2, 0.25) is 0 Å². The number of hydrogen-bond donors (Lipinski definition) is 1. The summed E-state index contributed by atoms with van der Waals surface area (Å²) in [5, 5.41) is 18.7. The van der Waals surface area contributed by atoms with Gasteiger partial charge in [0.15, 0.2) is 11.6 Å². The van der Waals surface area contributed by atoms with E-state index in [2.05, 4.69) is 20.2 Å². The number of aromatic nitrogens is 4. The lowest BCUT2D eigenvalue weighted by Crippen LogP contribution is -2.18. The number of rotatable bonds is 3. The third-order valence-electron chi connectivity index (χ3n) is 4.27. The van der Waals surface area contributed by atoms with E-state index < -0.39 is 11.7 Å². The molecule has 0 fully saturated rings. The average Bonchev–Trinajstić information content (AvgIpc) is 2.95. The van der Waals surface area contributed by atoms with Crippen molar-refractivity contribution < 1.29 is 18.4 Å². The Morgan fingerprint density at radius 2 is 2.00 bits per heavy atom. The van der Waals surface area contributed by atoms with Crippen LogP contribution < -0.4 is 0 Å². The lowest BCUT2D eigenvalue weighted by Gasteiger charge is -2.16. The molecule has 0 radical (unpaired) electrons. The van der Waals surface area contributed by atoms with Crippen molar-refractivity contribution in [2.45, 2.75) is 19.3 Å². The van der Waals surface area contributed by atoms with Gasteiger partial charge in [-0.25, -0.2) is 0 Å². The van der Waals surface area contributed by atoms with Crippen molar-refractivity contribution in [2.24, 2.45) is 4.99 Å². The van der Waals surface area contributed by atoms with Crippen molar-refractivity contribution in [3.05, 3.63) is 71.1 Å². The van der Waals surface area contributed by atoms with Crippen LogP contribution in [0, 0.1) is 0 Å². The first-order chi connectivity index (χ1) is 13.3. The Morgan fingerprint density at radius 3 is 2.68 bits per heavy atom. The van der Waals surface area contributed by atoms with Crippen molar-refractivity contribution >= 4 is 5.71 Å². The summed E-state index contributed by atoms with van der Waals surface area (Å²) < 4.78 is 41.7. The monoisotopic (exact) mass is 388 g/mol. The molecule has 28 heavy (non-hydrogen) atoms. The number of hydroxylamine groups is 2. The van der Waals surface area contributed by atoms with Gasteiger partial charge in [-0.15, -0.1) is 10.2 Å². The minimum absolute atomic E-state index is 0.0480. The molecule has 7 nitrogen and oxygen atoms in total. The number of benzene rings is 1. The van der Waals surface area contributed by atoms with Crippen LogP contribution in [0.4, 0.5) is 13.2 Å². The van der Waals surface area contributed by atoms with Crippen molar-refractivity contribution in [2.75, 3.05) is 7.05 Å². The predicted molar refractivity (Wildman–Crippen MR) is 93.2 cm³/mol. The van der Waals surface area contributed by atoms with Gasteiger partial charge in [0.25, 0.3) is 0 Å². The Hall–Kier alpha value is -3.11. The molecule has 0 saturated heterocycles. The van der Waals surface area contributed by atoms with Crippen LogP contribution in [0.25, 0.3) is 5.69 Å². The smallest absolute Gasteiger partial charge is 0.314 e. The van der Waals surface area contributed by atoms with Crippen LogP contribution in [0.5, 0.6) is 0 Å². The molecule has 0 unspecified atom stereocenters. The molecule has 1 aliphatic rings. The molecule has 0 bridgehead atoms. The van der Waals surface area contributed by atoms with E-state index in [1.807, 2.05) is 0 Å². The van der Waals surface area contributed by atoms with E-state index in [9.17, 15) is 18.4 Å². The average molecular weight is 388 g/mol. The lowest BCUT2D eigenvalue weighted by molar-refractivity contribution is -0.137. The quantitative estimate of drug-likeness (QED) is 0.698. The summed E-state index contributed by atoms with van der Waals surface area (Å²) in [5.41, 5.74) is 0.742. The summed E-state index contributed by atoms with van der Waals surface area (Å²) >= 11 is 0. The number of fused-ring (bicyclic) bond motifs is 3. The molecule has 1 N–H and O–H groups in total. The lowest BCUT2D eigenvalue weighted by atomic mass is 10.0. The van der Waals surface area contributed by atoms with Gasteiger partial charge in [0.05, 0.1) is 29.2 Å². The molecule has 1 aliphatic heterocycles. The van der Waals surface area contributed by atoms with Gasteiger partial charge in [-0.05, 0) is 30.3 Å². The minimum atomic E-state index is -4.50. The predicted octanol–water partition coefficient (Wildman–Crippen LogP) is 2.85. The SMILES string of the molecule is CN(O)Cc1nnc2n1-c1ccc(C(F)(F)F)cc1C(c1ccccn1)=NC2. The van der Waals surface area contributed by atoms with Gasteiger partial charge in [-0.2, -0.15) is 18.2 Å². The number of pyridine rings is 1. The van der Waals surface area contributed by atoms with Gasteiger partial charge in [0.1, 0.15) is 6.54 Å². The van der Waals surface area contributed by atoms with Crippen molar-refractivity contribution in [1.29, 1.82) is 0 Å². The van der Waals surface area contributed by atoms with Crippen LogP contribution in [-0.2, 0) is 19.3 Å². The summed E-state index contributed by atoms with van der Waals surface area (Å²) in [5.74, 6) is 0.849. The van der Waals surface area contributed by atoms with Gasteiger partial charge in [-0.1, -0.05) is 6.07 Å². The molecule has 10 heteroatoms. The fraction of sp³-hybridized carbons (Fsp3) is 0.222. The maximum Gasteiger partial charge on any atom is 0.416 e. The molecule has 3 heterocycles. The maximum atomic E-state index is 13.3. The number of alkyl halides is 3. The molecule has 0 amide bonds. The third-order valence-corrected chi connectivity index (χ3v) is 4.27. The van der Waals surface area contributed by atoms with E-state index in [0.29, 0.717) is 28.7 Å². The van der Waals surface area contributed by atoms with Crippen LogP contribution in [0.2, 0.25) is 0 Å². The zero-order chi connectivity index (χ0) is 19.9. The summed E-state index contributed by atoms with van der Waals surface area (Å²) in [6.07, 6.45) is -2.94. The van der Waals surface area contributed by atoms with Gasteiger partial charge >= 0.3 is 6.18 Å². The minimum Gasteiger partial charge on any atom is -0.314 e. The zero-order valence-electron chi connectivity index (χ0n) is 14.7. The van der Waals surface area contributed by atoms with Crippen molar-refractivity contribution in [1.82, 2.24) is 24.8 Å². The van der Waals surface area contributed by atoms with E-state index in [1.165, 1.54) is 13.1 Å². The normalized spacial score (nSPS) is 13.7. The molecule has 3 aromatic rings. The van der Waals surface area contributed by atoms with Gasteiger partial charge in [0, 0.05) is 18.8 Å². The highest BCUT2D eigenvalue weighted by molar-refractivity contribution is 6.14. The number of nitrogens with zero attached hydrogens (tertiary/aromatic N) is 6. The highest BCUT2D eigenvalue weighted by Gasteiger charge is 2.33. The molecule has 0 atom stereocenters. The Balaban J connectivity index is 1.96. The first kappa shape index (κ1) is 18.3. The van der Waals surface area contributed by atoms with E-state index in [1.54, 1.807) is 29.0 Å². The first-order valence-corrected chi connectivity index (χ1v) is 8.35. The largest absolute Gasteiger partial charge is 0.416 e. The summed E-state index contributed by atoms with van der Waals surface area (Å²) in [6, 6.07) is 8.60. The van der Waals surface area contributed by atoms with E-state index in [4.69, 9.17) is 0 Å². The van der Waals surface area contributed by atoms with Crippen molar-refractivity contribution in [3.63, 3.8) is 0 Å². The van der Waals surface area contributed by atoms with E-state index >= 15 is 0 Å². The second-order valence-corrected chi connectivity index (χ2v) is 6.29. The van der Waals surface area contributed by atoms with Crippen LogP contribution >= 0.6 is 0 Å². The standard InChI is InChI=1S/C18H15F3N6O/c1-26(28)10-16-25-24-15-9-23-17(13-4-2-3-7-22-13)12-8-11(18(19,20)21)5-6-14(12)27(15)16/h2-8,28H,9-10H2,1H3. The second-order valence-electron chi connectivity index (χ2n) is 6.29. The Morgan fingerprint density at radius 1 is 1.18 bits per heavy atom. The Bertz CT molecular complexity index is 1040. The topological polar surface area (TPSA) is 79.4 Å². The summed E-state index contributed by atoms with van der Waals surface area (Å²) in [7, 11) is 1.45. The molecule has 144 valence electrons. The van der Waals surface area contributed by atoms with E-state index in [-0.39, 0.29) is 18.7 Å². The zero-order valence-corrected chi connectivity index (χ0v) is 14.7. The molecule has 0 saturated carbocycles. The van der Waals surface area contributed by atoms with Gasteiger partial charge in [-0.3, -0.25) is 14.5 Å². The number of halogens is 3. The molecule has 2 aromatic heterocycles. The molecule has 0 spiro atoms. The molecule has 1 aromatic carbocycles. The fourth-order valence-electron chi connectivity index (χ4n) is 3.10. The second kappa shape index (κ2) is 6.80. The van der Waals surface area contributed by atoms with Crippen LogP contribution in [-0.4, -0.2) is 42.8 Å². The van der Waals surface area contributed by atoms with Gasteiger partial charge < -0.3 is 5.21 Å². The first-order valence-electron chi connectivity index (χ1n) is 8.35. The number of hydrogen-bond acceptors (Lipinski definition) is 6. The van der Waals surface area contributed by atoms with Crippen LogP contribution in [0.15, 0.2) is 47.6 Å². The Labute approximate surface area is 157 Å². The van der Waals surface area contributed by atoms with Crippen molar-refractivity contribution in [3.8, 4) is 5.69 Å². The van der Waals surface area contributed by atoms with E-state index in [0.717, 1.165) is 17.2 Å². The molecule has 0 aliphatic carbocycles. The highest BCUT2D eigenvalue weighted by Crippen LogP contribution is 2.34. The summed E-state index contributed by atoms with van der Waals surface area (Å²) in [4.78, 5) is 8.73. The van der Waals surface area contributed by atoms with Crippen LogP contribution in [0.3, 0.4) is 0 Å². The fourth-order valence-corrected chi connectivity index (χ4v) is 3.10. The third kappa shape index (κ3) is 3.27. The molecular formula is C18H15F3N6O. The summed E-state index contributed by atoms with van der Waals surface area (Å²) in [6.45, 7) is 0.163. The Kier molecular flexibility index (Phi) is 4.44. The molecule has 4 rings (SSSR count). The highest BCUT2D eigenvalue weighted by atomic mass is 19.4. The van der Waals surface area contributed by atoms with Crippen LogP contribution in [0.1, 0.15) is 28.5 Å². The maximum absolute atomic E-state index is 13.3. The number of aliphatic imine (C=N–C) groups is 1.